The molecule has 0 heterocycles. The minimum Gasteiger partial charge on any atom is -0.351 e. The molecule has 0 bridgehead atoms. The average molecular weight is 403 g/mol. The molecule has 2 amide bonds. The van der Waals surface area contributed by atoms with Gasteiger partial charge < -0.3 is 10.6 Å². The Morgan fingerprint density at radius 1 is 0.821 bits per heavy atom. The van der Waals surface area contributed by atoms with Crippen molar-refractivity contribution in [3.63, 3.8) is 0 Å². The number of hydrogen-bond donors (Lipinski definition) is 3. The van der Waals surface area contributed by atoms with Crippen LogP contribution < -0.4 is 15.4 Å². The van der Waals surface area contributed by atoms with Gasteiger partial charge in [-0.3, -0.25) is 14.4 Å². The number of rotatable bonds is 8. The molecule has 0 aromatic heterocycles. The zero-order valence-electron chi connectivity index (χ0n) is 15.5. The molecular weight excluding hydrogens is 382 g/mol. The van der Waals surface area contributed by atoms with Gasteiger partial charge in [-0.15, -0.1) is 0 Å². The van der Waals surface area contributed by atoms with Gasteiger partial charge in [0.1, 0.15) is 0 Å². The summed E-state index contributed by atoms with van der Waals surface area (Å²) in [5.74, 6) is -0.718. The lowest BCUT2D eigenvalue weighted by Gasteiger charge is -2.09. The Bertz CT molecular complexity index is 968. The molecule has 28 heavy (non-hydrogen) atoms. The molecule has 0 saturated heterocycles. The lowest BCUT2D eigenvalue weighted by Crippen LogP contribution is -2.34. The first-order chi connectivity index (χ1) is 13.2. The fourth-order valence-electron chi connectivity index (χ4n) is 2.32. The molecule has 2 rings (SSSR count). The van der Waals surface area contributed by atoms with Crippen LogP contribution in [-0.4, -0.2) is 39.1 Å². The number of carbonyl (C=O) groups is 3. The lowest BCUT2D eigenvalue weighted by atomic mass is 10.2. The van der Waals surface area contributed by atoms with Crippen molar-refractivity contribution < 1.29 is 22.8 Å². The van der Waals surface area contributed by atoms with Gasteiger partial charge in [0.15, 0.2) is 5.78 Å². The number of carbonyl (C=O) groups excluding carboxylic acids is 3. The Morgan fingerprint density at radius 3 is 1.93 bits per heavy atom. The van der Waals surface area contributed by atoms with E-state index in [4.69, 9.17) is 0 Å². The van der Waals surface area contributed by atoms with Crippen LogP contribution in [0.4, 0.5) is 5.69 Å². The van der Waals surface area contributed by atoms with Crippen molar-refractivity contribution in [3.8, 4) is 0 Å². The van der Waals surface area contributed by atoms with Crippen LogP contribution in [0.3, 0.4) is 0 Å². The van der Waals surface area contributed by atoms with Gasteiger partial charge in [0.05, 0.1) is 4.90 Å². The number of sulfonamides is 1. The number of amides is 2. The summed E-state index contributed by atoms with van der Waals surface area (Å²) in [4.78, 5) is 34.3. The minimum absolute atomic E-state index is 0.00646. The number of nitrogens with one attached hydrogen (secondary N) is 3. The van der Waals surface area contributed by atoms with Gasteiger partial charge >= 0.3 is 0 Å². The normalized spacial score (nSPS) is 10.9. The lowest BCUT2D eigenvalue weighted by molar-refractivity contribution is -0.114. The highest BCUT2D eigenvalue weighted by Crippen LogP contribution is 2.11. The average Bonchev–Trinajstić information content (AvgIpc) is 2.65. The minimum atomic E-state index is -3.74. The van der Waals surface area contributed by atoms with E-state index in [1.165, 1.54) is 38.1 Å². The third kappa shape index (κ3) is 6.00. The predicted molar refractivity (Wildman–Crippen MR) is 105 cm³/mol. The first kappa shape index (κ1) is 21.3. The van der Waals surface area contributed by atoms with E-state index in [0.717, 1.165) is 0 Å². The SMILES string of the molecule is CC(=O)Nc1ccc(C(=O)NCCNS(=O)(=O)c2ccc(C(C)=O)cc2)cc1. The maximum Gasteiger partial charge on any atom is 0.251 e. The van der Waals surface area contributed by atoms with Crippen LogP contribution in [0.1, 0.15) is 34.6 Å². The molecule has 8 nitrogen and oxygen atoms in total. The Balaban J connectivity index is 1.84. The Kier molecular flexibility index (Phi) is 7.02. The van der Waals surface area contributed by atoms with Gasteiger partial charge in [-0.2, -0.15) is 0 Å². The van der Waals surface area contributed by atoms with Crippen molar-refractivity contribution in [1.82, 2.24) is 10.0 Å². The first-order valence-corrected chi connectivity index (χ1v) is 9.94. The number of ketones is 1. The van der Waals surface area contributed by atoms with E-state index in [1.54, 1.807) is 24.3 Å². The zero-order valence-corrected chi connectivity index (χ0v) is 16.3. The molecule has 0 fully saturated rings. The van der Waals surface area contributed by atoms with Crippen molar-refractivity contribution in [2.24, 2.45) is 0 Å². The van der Waals surface area contributed by atoms with Gasteiger partial charge in [-0.25, -0.2) is 13.1 Å². The molecule has 2 aromatic carbocycles. The smallest absolute Gasteiger partial charge is 0.251 e. The largest absolute Gasteiger partial charge is 0.351 e. The summed E-state index contributed by atoms with van der Waals surface area (Å²) in [6.45, 7) is 2.89. The molecule has 9 heteroatoms. The second kappa shape index (κ2) is 9.25. The summed E-state index contributed by atoms with van der Waals surface area (Å²) in [5, 5.41) is 5.21. The molecule has 0 saturated carbocycles. The van der Waals surface area contributed by atoms with Crippen LogP contribution in [0.2, 0.25) is 0 Å². The van der Waals surface area contributed by atoms with E-state index in [1.807, 2.05) is 0 Å². The molecule has 0 unspecified atom stereocenters. The maximum absolute atomic E-state index is 12.2. The predicted octanol–water partition coefficient (Wildman–Crippen LogP) is 1.56. The van der Waals surface area contributed by atoms with Gasteiger partial charge in [0.25, 0.3) is 5.91 Å². The zero-order chi connectivity index (χ0) is 20.7. The van der Waals surface area contributed by atoms with E-state index in [0.29, 0.717) is 16.8 Å². The van der Waals surface area contributed by atoms with Crippen molar-refractivity contribution >= 4 is 33.3 Å². The molecule has 0 aliphatic heterocycles. The van der Waals surface area contributed by atoms with Crippen LogP contribution in [0.15, 0.2) is 53.4 Å². The highest BCUT2D eigenvalue weighted by Gasteiger charge is 2.14. The molecular formula is C19H21N3O5S. The molecule has 0 aliphatic carbocycles. The fourth-order valence-corrected chi connectivity index (χ4v) is 3.36. The summed E-state index contributed by atoms with van der Waals surface area (Å²) >= 11 is 0. The number of Topliss-reactive ketones (excluding diaryl/α,β-unsaturated/α-hetero) is 1. The Morgan fingerprint density at radius 2 is 1.39 bits per heavy atom. The summed E-state index contributed by atoms with van der Waals surface area (Å²) in [5.41, 5.74) is 1.39. The Hall–Kier alpha value is -3.04. The van der Waals surface area contributed by atoms with Gasteiger partial charge in [0.2, 0.25) is 15.9 Å². The van der Waals surface area contributed by atoms with E-state index < -0.39 is 10.0 Å². The van der Waals surface area contributed by atoms with Crippen LogP contribution >= 0.6 is 0 Å². The van der Waals surface area contributed by atoms with Crippen molar-refractivity contribution in [1.29, 1.82) is 0 Å². The molecule has 0 atom stereocenters. The number of hydrogen-bond acceptors (Lipinski definition) is 5. The van der Waals surface area contributed by atoms with Gasteiger partial charge in [-0.1, -0.05) is 12.1 Å². The maximum atomic E-state index is 12.2. The topological polar surface area (TPSA) is 121 Å². The molecule has 0 radical (unpaired) electrons. The second-order valence-corrected chi connectivity index (χ2v) is 7.76. The molecule has 3 N–H and O–H groups in total. The third-order valence-corrected chi connectivity index (χ3v) is 5.22. The van der Waals surface area contributed by atoms with Crippen LogP contribution in [-0.2, 0) is 14.8 Å². The summed E-state index contributed by atoms with van der Waals surface area (Å²) < 4.78 is 26.8. The van der Waals surface area contributed by atoms with Gasteiger partial charge in [-0.05, 0) is 43.3 Å². The summed E-state index contributed by atoms with van der Waals surface area (Å²) in [6, 6.07) is 11.9. The van der Waals surface area contributed by atoms with Crippen LogP contribution in [0.25, 0.3) is 0 Å². The molecule has 0 aliphatic rings. The van der Waals surface area contributed by atoms with E-state index >= 15 is 0 Å². The van der Waals surface area contributed by atoms with E-state index in [2.05, 4.69) is 15.4 Å². The fraction of sp³-hybridized carbons (Fsp3) is 0.211. The van der Waals surface area contributed by atoms with E-state index in [9.17, 15) is 22.8 Å². The van der Waals surface area contributed by atoms with E-state index in [-0.39, 0.29) is 35.6 Å². The highest BCUT2D eigenvalue weighted by atomic mass is 32.2. The number of anilines is 1. The molecule has 2 aromatic rings. The first-order valence-electron chi connectivity index (χ1n) is 8.45. The van der Waals surface area contributed by atoms with Crippen LogP contribution in [0.5, 0.6) is 0 Å². The monoisotopic (exact) mass is 403 g/mol. The second-order valence-electron chi connectivity index (χ2n) is 5.99. The van der Waals surface area contributed by atoms with Gasteiger partial charge in [0, 0.05) is 36.8 Å². The summed E-state index contributed by atoms with van der Waals surface area (Å²) in [7, 11) is -3.74. The number of benzene rings is 2. The van der Waals surface area contributed by atoms with Crippen molar-refractivity contribution in [3.05, 3.63) is 59.7 Å². The quantitative estimate of drug-likeness (QED) is 0.456. The van der Waals surface area contributed by atoms with Crippen LogP contribution in [0, 0.1) is 0 Å². The van der Waals surface area contributed by atoms with Crippen molar-refractivity contribution in [2.45, 2.75) is 18.7 Å². The Labute approximate surface area is 163 Å². The molecule has 148 valence electrons. The third-order valence-electron chi connectivity index (χ3n) is 3.74. The highest BCUT2D eigenvalue weighted by molar-refractivity contribution is 7.89. The standard InChI is InChI=1S/C19H21N3O5S/c1-13(23)15-5-9-18(10-6-15)28(26,27)21-12-11-20-19(25)16-3-7-17(8-4-16)22-14(2)24/h3-10,21H,11-12H2,1-2H3,(H,20,25)(H,22,24). The van der Waals surface area contributed by atoms with Crippen molar-refractivity contribution in [2.75, 3.05) is 18.4 Å². The summed E-state index contributed by atoms with van der Waals surface area (Å²) in [6.07, 6.45) is 0. The molecule has 0 spiro atoms.